The first-order valence-corrected chi connectivity index (χ1v) is 8.55. The second-order valence-electron chi connectivity index (χ2n) is 6.43. The minimum atomic E-state index is 0.429. The molecule has 106 valence electrons. The van der Waals surface area contributed by atoms with Gasteiger partial charge in [-0.15, -0.1) is 11.3 Å². The highest BCUT2D eigenvalue weighted by Gasteiger charge is 2.42. The van der Waals surface area contributed by atoms with Gasteiger partial charge in [0.1, 0.15) is 0 Å². The van der Waals surface area contributed by atoms with Crippen molar-refractivity contribution in [3.63, 3.8) is 0 Å². The number of hydrogen-bond donors (Lipinski definition) is 1. The first kappa shape index (κ1) is 12.8. The Labute approximate surface area is 124 Å². The Balaban J connectivity index is 1.65. The number of rotatable bonds is 2. The number of benzene rings is 1. The van der Waals surface area contributed by atoms with Gasteiger partial charge in [-0.25, -0.2) is 0 Å². The first-order chi connectivity index (χ1) is 9.72. The van der Waals surface area contributed by atoms with Crippen LogP contribution in [0.1, 0.15) is 43.5 Å². The summed E-state index contributed by atoms with van der Waals surface area (Å²) in [5, 5.41) is 1.39. The van der Waals surface area contributed by atoms with Crippen molar-refractivity contribution >= 4 is 21.4 Å². The molecule has 2 aliphatic rings. The molecule has 3 heteroatoms. The van der Waals surface area contributed by atoms with Crippen LogP contribution in [-0.4, -0.2) is 23.0 Å². The summed E-state index contributed by atoms with van der Waals surface area (Å²) >= 11 is 1.96. The zero-order valence-electron chi connectivity index (χ0n) is 12.0. The predicted molar refractivity (Wildman–Crippen MR) is 86.1 cm³/mol. The van der Waals surface area contributed by atoms with E-state index in [-0.39, 0.29) is 0 Å². The standard InChI is InChI=1S/C17H22N2S/c1-11(17-8-12-4-2-3-5-16(12)20-17)19-14-6-7-15(19)10-13(18)9-14/h2-5,8,11,13-15H,6-7,9-10,18H2,1H3. The van der Waals surface area contributed by atoms with Crippen molar-refractivity contribution in [1.82, 2.24) is 4.90 Å². The highest BCUT2D eigenvalue weighted by molar-refractivity contribution is 7.19. The molecular weight excluding hydrogens is 264 g/mol. The fourth-order valence-electron chi connectivity index (χ4n) is 4.24. The first-order valence-electron chi connectivity index (χ1n) is 7.74. The van der Waals surface area contributed by atoms with E-state index >= 15 is 0 Å². The largest absolute Gasteiger partial charge is 0.328 e. The zero-order valence-corrected chi connectivity index (χ0v) is 12.8. The van der Waals surface area contributed by atoms with E-state index in [0.29, 0.717) is 24.2 Å². The molecule has 0 amide bonds. The van der Waals surface area contributed by atoms with Crippen molar-refractivity contribution in [2.45, 2.75) is 56.8 Å². The van der Waals surface area contributed by atoms with Gasteiger partial charge in [0.25, 0.3) is 0 Å². The van der Waals surface area contributed by atoms with Crippen molar-refractivity contribution < 1.29 is 0 Å². The second kappa shape index (κ2) is 4.83. The minimum Gasteiger partial charge on any atom is -0.328 e. The third-order valence-corrected chi connectivity index (χ3v) is 6.42. The summed E-state index contributed by atoms with van der Waals surface area (Å²) in [5.41, 5.74) is 6.19. The summed E-state index contributed by atoms with van der Waals surface area (Å²) in [7, 11) is 0. The lowest BCUT2D eigenvalue weighted by molar-refractivity contribution is 0.0870. The Morgan fingerprint density at radius 1 is 1.20 bits per heavy atom. The van der Waals surface area contributed by atoms with Crippen LogP contribution in [0.3, 0.4) is 0 Å². The van der Waals surface area contributed by atoms with Crippen LogP contribution in [0.25, 0.3) is 10.1 Å². The molecule has 2 aliphatic heterocycles. The van der Waals surface area contributed by atoms with E-state index in [2.05, 4.69) is 42.2 Å². The third-order valence-electron chi connectivity index (χ3n) is 5.13. The molecule has 2 nitrogen and oxygen atoms in total. The van der Waals surface area contributed by atoms with Crippen LogP contribution in [0.5, 0.6) is 0 Å². The van der Waals surface area contributed by atoms with Gasteiger partial charge in [-0.05, 0) is 50.1 Å². The molecule has 4 rings (SSSR count). The number of nitrogens with zero attached hydrogens (tertiary/aromatic N) is 1. The van der Waals surface area contributed by atoms with E-state index < -0.39 is 0 Å². The van der Waals surface area contributed by atoms with Crippen LogP contribution in [0.15, 0.2) is 30.3 Å². The average Bonchev–Trinajstić information content (AvgIpc) is 2.98. The van der Waals surface area contributed by atoms with Gasteiger partial charge < -0.3 is 5.73 Å². The second-order valence-corrected chi connectivity index (χ2v) is 7.54. The van der Waals surface area contributed by atoms with Crippen molar-refractivity contribution in [3.05, 3.63) is 35.2 Å². The van der Waals surface area contributed by atoms with Gasteiger partial charge in [0.15, 0.2) is 0 Å². The monoisotopic (exact) mass is 286 g/mol. The molecule has 2 N–H and O–H groups in total. The van der Waals surface area contributed by atoms with E-state index in [1.165, 1.54) is 40.6 Å². The van der Waals surface area contributed by atoms with Crippen LogP contribution < -0.4 is 5.73 Å². The zero-order chi connectivity index (χ0) is 13.7. The van der Waals surface area contributed by atoms with E-state index in [9.17, 15) is 0 Å². The molecule has 3 unspecified atom stereocenters. The molecule has 2 bridgehead atoms. The predicted octanol–water partition coefficient (Wildman–Crippen LogP) is 3.92. The molecule has 0 spiro atoms. The van der Waals surface area contributed by atoms with Crippen LogP contribution in [-0.2, 0) is 0 Å². The van der Waals surface area contributed by atoms with Crippen molar-refractivity contribution in [3.8, 4) is 0 Å². The minimum absolute atomic E-state index is 0.429. The smallest absolute Gasteiger partial charge is 0.0419 e. The van der Waals surface area contributed by atoms with Gasteiger partial charge in [-0.3, -0.25) is 4.90 Å². The maximum Gasteiger partial charge on any atom is 0.0419 e. The van der Waals surface area contributed by atoms with Crippen molar-refractivity contribution in [2.75, 3.05) is 0 Å². The van der Waals surface area contributed by atoms with Crippen LogP contribution >= 0.6 is 11.3 Å². The van der Waals surface area contributed by atoms with E-state index in [1.807, 2.05) is 11.3 Å². The van der Waals surface area contributed by atoms with E-state index in [1.54, 1.807) is 0 Å². The maximum atomic E-state index is 6.19. The fourth-order valence-corrected chi connectivity index (χ4v) is 5.37. The van der Waals surface area contributed by atoms with Gasteiger partial charge in [0, 0.05) is 33.7 Å². The molecule has 0 radical (unpaired) electrons. The van der Waals surface area contributed by atoms with Crippen molar-refractivity contribution in [1.29, 1.82) is 0 Å². The summed E-state index contributed by atoms with van der Waals surface area (Å²) in [6.45, 7) is 2.38. The lowest BCUT2D eigenvalue weighted by atomic mass is 9.96. The Hall–Kier alpha value is -0.900. The molecule has 3 heterocycles. The van der Waals surface area contributed by atoms with Crippen molar-refractivity contribution in [2.24, 2.45) is 5.73 Å². The maximum absolute atomic E-state index is 6.19. The lowest BCUT2D eigenvalue weighted by Gasteiger charge is -2.41. The summed E-state index contributed by atoms with van der Waals surface area (Å²) in [6, 6.07) is 13.5. The highest BCUT2D eigenvalue weighted by Crippen LogP contribution is 2.43. The number of thiophene rings is 1. The number of piperidine rings is 1. The molecule has 0 aliphatic carbocycles. The Bertz CT molecular complexity index is 573. The van der Waals surface area contributed by atoms with Gasteiger partial charge in [0.05, 0.1) is 0 Å². The Kier molecular flexibility index (Phi) is 3.09. The van der Waals surface area contributed by atoms with Crippen LogP contribution in [0.4, 0.5) is 0 Å². The molecule has 1 aromatic carbocycles. The third kappa shape index (κ3) is 2.00. The highest BCUT2D eigenvalue weighted by atomic mass is 32.1. The van der Waals surface area contributed by atoms with Crippen LogP contribution in [0, 0.1) is 0 Å². The molecule has 2 saturated heterocycles. The molecular formula is C17H22N2S. The van der Waals surface area contributed by atoms with Crippen LogP contribution in [0.2, 0.25) is 0 Å². The summed E-state index contributed by atoms with van der Waals surface area (Å²) < 4.78 is 1.41. The van der Waals surface area contributed by atoms with E-state index in [4.69, 9.17) is 5.73 Å². The molecule has 2 fully saturated rings. The van der Waals surface area contributed by atoms with Gasteiger partial charge in [0.2, 0.25) is 0 Å². The normalized spacial score (nSPS) is 31.8. The van der Waals surface area contributed by atoms with E-state index in [0.717, 1.165) is 0 Å². The molecule has 3 atom stereocenters. The molecule has 0 saturated carbocycles. The Morgan fingerprint density at radius 3 is 2.60 bits per heavy atom. The number of nitrogens with two attached hydrogens (primary N) is 1. The molecule has 20 heavy (non-hydrogen) atoms. The summed E-state index contributed by atoms with van der Waals surface area (Å²) in [6.07, 6.45) is 5.05. The quantitative estimate of drug-likeness (QED) is 0.906. The molecule has 1 aromatic heterocycles. The lowest BCUT2D eigenvalue weighted by Crippen LogP contribution is -2.48. The number of fused-ring (bicyclic) bond motifs is 3. The summed E-state index contributed by atoms with van der Waals surface area (Å²) in [4.78, 5) is 4.27. The van der Waals surface area contributed by atoms with Gasteiger partial charge in [-0.2, -0.15) is 0 Å². The van der Waals surface area contributed by atoms with Gasteiger partial charge >= 0.3 is 0 Å². The topological polar surface area (TPSA) is 29.3 Å². The Morgan fingerprint density at radius 2 is 1.90 bits per heavy atom. The summed E-state index contributed by atoms with van der Waals surface area (Å²) in [5.74, 6) is 0. The average molecular weight is 286 g/mol. The van der Waals surface area contributed by atoms with Gasteiger partial charge in [-0.1, -0.05) is 18.2 Å². The number of hydrogen-bond acceptors (Lipinski definition) is 3. The molecule has 2 aromatic rings. The SMILES string of the molecule is CC(c1cc2ccccc2s1)N1C2CCC1CC(N)C2. The fraction of sp³-hybridized carbons (Fsp3) is 0.529.